The second kappa shape index (κ2) is 8.26. The molecular weight excluding hydrogens is 320 g/mol. The maximum Gasteiger partial charge on any atom is 0.278 e. The molecule has 0 radical (unpaired) electrons. The van der Waals surface area contributed by atoms with Crippen molar-refractivity contribution in [2.24, 2.45) is 0 Å². The molecule has 0 bridgehead atoms. The molecule has 2 aromatic heterocycles. The predicted octanol–water partition coefficient (Wildman–Crippen LogP) is 0.0145. The Labute approximate surface area is 147 Å². The van der Waals surface area contributed by atoms with E-state index < -0.39 is 0 Å². The minimum atomic E-state index is 0.00948. The molecule has 0 aromatic carbocycles. The van der Waals surface area contributed by atoms with E-state index in [1.165, 1.54) is 9.78 Å². The van der Waals surface area contributed by atoms with E-state index in [1.54, 1.807) is 11.3 Å². The average molecular weight is 347 g/mol. The molecule has 1 fully saturated rings. The minimum Gasteiger partial charge on any atom is -0.351 e. The fraction of sp³-hybridized carbons (Fsp3) is 0.444. The number of thiophene rings is 1. The van der Waals surface area contributed by atoms with Crippen molar-refractivity contribution in [2.45, 2.75) is 19.4 Å². The first-order chi connectivity index (χ1) is 11.7. The number of nitrogens with zero attached hydrogens (tertiary/aromatic N) is 1. The molecule has 24 heavy (non-hydrogen) atoms. The highest BCUT2D eigenvalue weighted by molar-refractivity contribution is 7.09. The molecule has 0 saturated carbocycles. The molecule has 0 unspecified atom stereocenters. The van der Waals surface area contributed by atoms with Crippen molar-refractivity contribution in [3.63, 3.8) is 0 Å². The number of carbonyl (C=O) groups is 1. The summed E-state index contributed by atoms with van der Waals surface area (Å²) in [5.41, 5.74) is 0. The number of amides is 1. The van der Waals surface area contributed by atoms with Gasteiger partial charge in [-0.1, -0.05) is 12.1 Å². The van der Waals surface area contributed by atoms with Crippen LogP contribution in [0.4, 0.5) is 5.82 Å². The van der Waals surface area contributed by atoms with Crippen molar-refractivity contribution in [3.05, 3.63) is 46.8 Å². The fourth-order valence-corrected chi connectivity index (χ4v) is 3.86. The van der Waals surface area contributed by atoms with E-state index in [1.807, 2.05) is 19.2 Å². The van der Waals surface area contributed by atoms with Gasteiger partial charge in [0.25, 0.3) is 11.7 Å². The maximum atomic E-state index is 12.4. The third-order valence-corrected chi connectivity index (χ3v) is 5.63. The lowest BCUT2D eigenvalue weighted by atomic mass is 10.2. The summed E-state index contributed by atoms with van der Waals surface area (Å²) in [5.74, 6) is 1.32. The van der Waals surface area contributed by atoms with Crippen molar-refractivity contribution in [2.75, 3.05) is 37.6 Å². The molecule has 6 heteroatoms. The SMILES string of the molecule is C[C@H](C(=O)NCCc1cccs1)[NH+]1CCN(c2cccc[nH+]2)CC1. The summed E-state index contributed by atoms with van der Waals surface area (Å²) in [6, 6.07) is 10.3. The number of hydrogen-bond donors (Lipinski definition) is 2. The van der Waals surface area contributed by atoms with Gasteiger partial charge in [0.2, 0.25) is 0 Å². The van der Waals surface area contributed by atoms with Crippen LogP contribution in [0.15, 0.2) is 41.9 Å². The van der Waals surface area contributed by atoms with Gasteiger partial charge in [0.05, 0.1) is 6.20 Å². The summed E-state index contributed by atoms with van der Waals surface area (Å²) in [6.45, 7) is 6.69. The number of rotatable bonds is 6. The van der Waals surface area contributed by atoms with Gasteiger partial charge in [-0.15, -0.1) is 11.3 Å². The summed E-state index contributed by atoms with van der Waals surface area (Å²) in [5, 5.41) is 5.16. The molecule has 0 spiro atoms. The molecular formula is C18H26N4OS+2. The summed E-state index contributed by atoms with van der Waals surface area (Å²) in [4.78, 5) is 20.7. The molecule has 1 atom stereocenters. The topological polar surface area (TPSA) is 50.9 Å². The lowest BCUT2D eigenvalue weighted by Crippen LogP contribution is -3.19. The van der Waals surface area contributed by atoms with Crippen molar-refractivity contribution in [1.82, 2.24) is 5.32 Å². The summed E-state index contributed by atoms with van der Waals surface area (Å²) in [6.07, 6.45) is 2.88. The number of aromatic nitrogens is 1. The van der Waals surface area contributed by atoms with Gasteiger partial charge >= 0.3 is 0 Å². The van der Waals surface area contributed by atoms with E-state index in [0.29, 0.717) is 0 Å². The zero-order valence-corrected chi connectivity index (χ0v) is 14.9. The molecule has 1 aliphatic heterocycles. The quantitative estimate of drug-likeness (QED) is 0.775. The number of H-pyrrole nitrogens is 1. The van der Waals surface area contributed by atoms with Crippen LogP contribution in [0.3, 0.4) is 0 Å². The van der Waals surface area contributed by atoms with Crippen molar-refractivity contribution in [1.29, 1.82) is 0 Å². The Morgan fingerprint density at radius 1 is 1.33 bits per heavy atom. The van der Waals surface area contributed by atoms with Crippen molar-refractivity contribution < 1.29 is 14.7 Å². The molecule has 3 N–H and O–H groups in total. The van der Waals surface area contributed by atoms with Gasteiger partial charge in [-0.3, -0.25) is 9.69 Å². The zero-order chi connectivity index (χ0) is 16.8. The van der Waals surface area contributed by atoms with Gasteiger partial charge in [-0.25, -0.2) is 4.98 Å². The maximum absolute atomic E-state index is 12.4. The second-order valence-corrected chi connectivity index (χ2v) is 7.27. The van der Waals surface area contributed by atoms with Crippen LogP contribution in [-0.2, 0) is 11.2 Å². The molecule has 128 valence electrons. The Morgan fingerprint density at radius 2 is 2.17 bits per heavy atom. The average Bonchev–Trinajstić information content (AvgIpc) is 3.15. The molecule has 5 nitrogen and oxygen atoms in total. The fourth-order valence-electron chi connectivity index (χ4n) is 3.15. The summed E-state index contributed by atoms with van der Waals surface area (Å²) >= 11 is 1.74. The Kier molecular flexibility index (Phi) is 5.82. The zero-order valence-electron chi connectivity index (χ0n) is 14.1. The van der Waals surface area contributed by atoms with Crippen molar-refractivity contribution >= 4 is 23.1 Å². The number of quaternary nitrogens is 1. The van der Waals surface area contributed by atoms with Gasteiger partial charge in [-0.2, -0.15) is 0 Å². The van der Waals surface area contributed by atoms with E-state index in [2.05, 4.69) is 44.8 Å². The first-order valence-corrected chi connectivity index (χ1v) is 9.48. The standard InChI is InChI=1S/C18H24N4OS/c1-15(18(23)20-9-7-16-5-4-14-24-16)21-10-12-22(13-11-21)17-6-2-3-8-19-17/h2-6,8,14-15H,7,9-13H2,1H3,(H,20,23)/p+2/t15-/m1/s1. The Morgan fingerprint density at radius 3 is 2.83 bits per heavy atom. The van der Waals surface area contributed by atoms with Crippen molar-refractivity contribution in [3.8, 4) is 0 Å². The predicted molar refractivity (Wildman–Crippen MR) is 96.4 cm³/mol. The van der Waals surface area contributed by atoms with E-state index in [0.717, 1.165) is 45.0 Å². The number of pyridine rings is 1. The lowest BCUT2D eigenvalue weighted by Gasteiger charge is -2.31. The monoisotopic (exact) mass is 346 g/mol. The molecule has 1 amide bonds. The number of piperazine rings is 1. The molecule has 3 heterocycles. The highest BCUT2D eigenvalue weighted by atomic mass is 32.1. The van der Waals surface area contributed by atoms with Gasteiger partial charge in [0.15, 0.2) is 6.04 Å². The first-order valence-electron chi connectivity index (χ1n) is 8.60. The molecule has 1 saturated heterocycles. The van der Waals surface area contributed by atoms with Crippen LogP contribution in [0.5, 0.6) is 0 Å². The van der Waals surface area contributed by atoms with E-state index in [-0.39, 0.29) is 11.9 Å². The number of carbonyl (C=O) groups excluding carboxylic acids is 1. The Hall–Kier alpha value is -1.92. The number of nitrogens with one attached hydrogen (secondary N) is 3. The van der Waals surface area contributed by atoms with E-state index in [9.17, 15) is 4.79 Å². The Bertz CT molecular complexity index is 624. The van der Waals surface area contributed by atoms with E-state index >= 15 is 0 Å². The number of hydrogen-bond acceptors (Lipinski definition) is 3. The second-order valence-electron chi connectivity index (χ2n) is 6.24. The van der Waals surface area contributed by atoms with Gasteiger partial charge in [0.1, 0.15) is 26.2 Å². The molecule has 2 aromatic rings. The third kappa shape index (κ3) is 4.33. The van der Waals surface area contributed by atoms with Crippen LogP contribution in [-0.4, -0.2) is 44.7 Å². The normalized spacial score (nSPS) is 16.8. The summed E-state index contributed by atoms with van der Waals surface area (Å²) in [7, 11) is 0. The van der Waals surface area contributed by atoms with Gasteiger partial charge < -0.3 is 10.2 Å². The highest BCUT2D eigenvalue weighted by Gasteiger charge is 2.32. The Balaban J connectivity index is 1.42. The smallest absolute Gasteiger partial charge is 0.278 e. The molecule has 3 rings (SSSR count). The molecule has 1 aliphatic rings. The van der Waals surface area contributed by atoms with Crippen LogP contribution in [0.1, 0.15) is 11.8 Å². The first kappa shape index (κ1) is 16.9. The number of aromatic amines is 1. The van der Waals surface area contributed by atoms with Crippen LogP contribution >= 0.6 is 11.3 Å². The number of anilines is 1. The van der Waals surface area contributed by atoms with E-state index in [4.69, 9.17) is 0 Å². The molecule has 0 aliphatic carbocycles. The third-order valence-electron chi connectivity index (χ3n) is 4.70. The van der Waals surface area contributed by atoms with Crippen LogP contribution in [0.2, 0.25) is 0 Å². The largest absolute Gasteiger partial charge is 0.351 e. The van der Waals surface area contributed by atoms with Crippen LogP contribution < -0.4 is 20.1 Å². The van der Waals surface area contributed by atoms with Gasteiger partial charge in [0, 0.05) is 17.5 Å². The minimum absolute atomic E-state index is 0.00948. The summed E-state index contributed by atoms with van der Waals surface area (Å²) < 4.78 is 0. The van der Waals surface area contributed by atoms with Crippen LogP contribution in [0.25, 0.3) is 0 Å². The lowest BCUT2D eigenvalue weighted by molar-refractivity contribution is -0.914. The van der Waals surface area contributed by atoms with Crippen LogP contribution in [0, 0.1) is 0 Å². The highest BCUT2D eigenvalue weighted by Crippen LogP contribution is 2.08. The van der Waals surface area contributed by atoms with Gasteiger partial charge in [-0.05, 0) is 30.9 Å².